The van der Waals surface area contributed by atoms with Gasteiger partial charge in [-0.1, -0.05) is 24.3 Å². The maximum absolute atomic E-state index is 12.1. The van der Waals surface area contributed by atoms with E-state index in [0.29, 0.717) is 38.3 Å². The van der Waals surface area contributed by atoms with Crippen LogP contribution in [0.5, 0.6) is 11.5 Å². The summed E-state index contributed by atoms with van der Waals surface area (Å²) in [5.74, 6) is 0.270. The number of rotatable bonds is 6. The molecule has 0 atom stereocenters. The molecule has 274 valence electrons. The van der Waals surface area contributed by atoms with E-state index >= 15 is 0 Å². The van der Waals surface area contributed by atoms with Gasteiger partial charge in [0.1, 0.15) is 28.8 Å². The topological polar surface area (TPSA) is 92.4 Å². The Labute approximate surface area is 288 Å². The Morgan fingerprint density at radius 3 is 1.45 bits per heavy atom. The Morgan fingerprint density at radius 2 is 1.08 bits per heavy atom. The van der Waals surface area contributed by atoms with Crippen LogP contribution in [0, 0.1) is 0 Å². The molecule has 2 N–H and O–H groups in total. The van der Waals surface area contributed by atoms with Crippen molar-refractivity contribution < 1.29 is 50.1 Å². The first-order chi connectivity index (χ1) is 22.8. The minimum atomic E-state index is -4.66. The van der Waals surface area contributed by atoms with Crippen LogP contribution < -0.4 is 20.1 Å². The minimum absolute atomic E-state index is 0. The van der Waals surface area contributed by atoms with Crippen molar-refractivity contribution >= 4 is 24.0 Å². The number of benzene rings is 2. The van der Waals surface area contributed by atoms with Crippen LogP contribution in [0.1, 0.15) is 49.7 Å². The lowest BCUT2D eigenvalue weighted by atomic mass is 10.0. The van der Waals surface area contributed by atoms with Crippen molar-refractivity contribution in [2.45, 2.75) is 70.1 Å². The van der Waals surface area contributed by atoms with Crippen molar-refractivity contribution in [1.82, 2.24) is 20.4 Å². The van der Waals surface area contributed by atoms with Gasteiger partial charge in [0.15, 0.2) is 0 Å². The monoisotopic (exact) mass is 724 g/mol. The number of ether oxygens (including phenoxy) is 3. The highest BCUT2D eigenvalue weighted by Crippen LogP contribution is 2.28. The van der Waals surface area contributed by atoms with Crippen LogP contribution in [0.3, 0.4) is 0 Å². The van der Waals surface area contributed by atoms with Gasteiger partial charge in [-0.25, -0.2) is 0 Å². The molecule has 9 nitrogen and oxygen atoms in total. The van der Waals surface area contributed by atoms with Gasteiger partial charge in [-0.2, -0.15) is 0 Å². The Balaban J connectivity index is 0.000000220. The zero-order chi connectivity index (χ0) is 34.6. The molecule has 4 aliphatic heterocycles. The zero-order valence-corrected chi connectivity index (χ0v) is 27.9. The van der Waals surface area contributed by atoms with Crippen LogP contribution in [0.15, 0.2) is 48.5 Å². The smallest absolute Gasteiger partial charge is 0.406 e. The second-order valence-electron chi connectivity index (χ2n) is 12.0. The van der Waals surface area contributed by atoms with E-state index in [4.69, 9.17) is 4.74 Å². The number of alkyl halides is 6. The maximum Gasteiger partial charge on any atom is 0.573 e. The van der Waals surface area contributed by atoms with Gasteiger partial charge >= 0.3 is 12.7 Å². The molecule has 2 aromatic carbocycles. The number of nitrogens with one attached hydrogen (secondary N) is 2. The molecule has 1 spiro atoms. The van der Waals surface area contributed by atoms with Crippen LogP contribution in [-0.2, 0) is 27.4 Å². The number of hydrogen-bond donors (Lipinski definition) is 2. The predicted molar refractivity (Wildman–Crippen MR) is 171 cm³/mol. The molecule has 0 aliphatic carbocycles. The standard InChI is InChI=1S/C15H19F3N2O2.C13H14F3NO2.C5H9NO.ClH/c16-15(17,18)22-13-3-1-12(2-4-13)11-20-8-5-14(6-9-20)19-7-10-21-14;14-13(15,16)19-12-3-1-10(2-4-12)9-17-7-5-11(18)6-8-17;7-5-1-3-6-4-2-5;/h1-4,19H,5-11H2;1-4H,5-9H2;6H,1-4H2;1H. The summed E-state index contributed by atoms with van der Waals surface area (Å²) in [6.45, 7) is 8.04. The molecule has 0 aromatic heterocycles. The molecule has 0 saturated carbocycles. The number of halogens is 7. The molecular formula is C33H43ClF6N4O5. The van der Waals surface area contributed by atoms with E-state index in [0.717, 1.165) is 82.7 Å². The zero-order valence-electron chi connectivity index (χ0n) is 27.0. The van der Waals surface area contributed by atoms with Crippen molar-refractivity contribution in [3.05, 3.63) is 59.7 Å². The van der Waals surface area contributed by atoms with Crippen molar-refractivity contribution in [2.24, 2.45) is 0 Å². The van der Waals surface area contributed by atoms with Crippen LogP contribution in [-0.4, -0.2) is 92.2 Å². The molecule has 4 saturated heterocycles. The number of carbonyl (C=O) groups excluding carboxylic acids is 2. The fourth-order valence-electron chi connectivity index (χ4n) is 5.75. The number of Topliss-reactive ketones (excluding diaryl/α,β-unsaturated/α-hetero) is 2. The second-order valence-corrected chi connectivity index (χ2v) is 12.0. The Kier molecular flexibility index (Phi) is 15.6. The number of piperidine rings is 3. The van der Waals surface area contributed by atoms with Crippen molar-refractivity contribution in [3.63, 3.8) is 0 Å². The van der Waals surface area contributed by atoms with Gasteiger partial charge in [0.05, 0.1) is 6.61 Å². The van der Waals surface area contributed by atoms with Gasteiger partial charge in [-0.15, -0.1) is 38.7 Å². The lowest BCUT2D eigenvalue weighted by Gasteiger charge is -2.38. The summed E-state index contributed by atoms with van der Waals surface area (Å²) >= 11 is 0. The van der Waals surface area contributed by atoms with Gasteiger partial charge in [0.2, 0.25) is 0 Å². The van der Waals surface area contributed by atoms with Crippen LogP contribution >= 0.6 is 12.4 Å². The molecule has 0 bridgehead atoms. The first-order valence-corrected chi connectivity index (χ1v) is 16.0. The van der Waals surface area contributed by atoms with E-state index in [1.807, 2.05) is 0 Å². The molecule has 4 aliphatic rings. The molecule has 4 fully saturated rings. The number of nitrogens with zero attached hydrogens (tertiary/aromatic N) is 2. The Morgan fingerprint density at radius 1 is 0.653 bits per heavy atom. The summed E-state index contributed by atoms with van der Waals surface area (Å²) in [5.41, 5.74) is 1.73. The summed E-state index contributed by atoms with van der Waals surface area (Å²) in [5, 5.41) is 6.51. The highest BCUT2D eigenvalue weighted by molar-refractivity contribution is 5.85. The molecule has 0 radical (unpaired) electrons. The van der Waals surface area contributed by atoms with E-state index in [1.165, 1.54) is 24.3 Å². The fourth-order valence-corrected chi connectivity index (χ4v) is 5.75. The van der Waals surface area contributed by atoms with Crippen LogP contribution in [0.2, 0.25) is 0 Å². The molecule has 16 heteroatoms. The van der Waals surface area contributed by atoms with Crippen molar-refractivity contribution in [1.29, 1.82) is 0 Å². The maximum atomic E-state index is 12.1. The quantitative estimate of drug-likeness (QED) is 0.369. The van der Waals surface area contributed by atoms with E-state index in [2.05, 4.69) is 29.9 Å². The van der Waals surface area contributed by atoms with Crippen molar-refractivity contribution in [2.75, 3.05) is 52.4 Å². The third-order valence-corrected chi connectivity index (χ3v) is 8.29. The third-order valence-electron chi connectivity index (χ3n) is 8.29. The number of likely N-dealkylation sites (tertiary alicyclic amines) is 2. The third kappa shape index (κ3) is 15.2. The van der Waals surface area contributed by atoms with Crippen molar-refractivity contribution in [3.8, 4) is 11.5 Å². The lowest BCUT2D eigenvalue weighted by molar-refractivity contribution is -0.275. The van der Waals surface area contributed by atoms with E-state index in [9.17, 15) is 35.9 Å². The van der Waals surface area contributed by atoms with Gasteiger partial charge in [-0.3, -0.25) is 24.7 Å². The first-order valence-electron chi connectivity index (χ1n) is 16.0. The molecule has 4 heterocycles. The summed E-state index contributed by atoms with van der Waals surface area (Å²) in [4.78, 5) is 25.9. The summed E-state index contributed by atoms with van der Waals surface area (Å²) in [7, 11) is 0. The van der Waals surface area contributed by atoms with Gasteiger partial charge in [-0.05, 0) is 35.4 Å². The normalized spacial score (nSPS) is 20.0. The molecule has 0 amide bonds. The summed E-state index contributed by atoms with van der Waals surface area (Å²) < 4.78 is 85.8. The Bertz CT molecular complexity index is 1280. The van der Waals surface area contributed by atoms with Gasteiger partial charge in [0.25, 0.3) is 0 Å². The largest absolute Gasteiger partial charge is 0.573 e. The summed E-state index contributed by atoms with van der Waals surface area (Å²) in [6, 6.07) is 11.9. The van der Waals surface area contributed by atoms with Crippen LogP contribution in [0.4, 0.5) is 26.3 Å². The fraction of sp³-hybridized carbons (Fsp3) is 0.576. The number of carbonyl (C=O) groups is 2. The van der Waals surface area contributed by atoms with E-state index in [-0.39, 0.29) is 35.4 Å². The summed E-state index contributed by atoms with van der Waals surface area (Å²) in [6.07, 6.45) is -4.86. The molecule has 0 unspecified atom stereocenters. The van der Waals surface area contributed by atoms with Gasteiger partial charge < -0.3 is 19.5 Å². The predicted octanol–water partition coefficient (Wildman–Crippen LogP) is 5.61. The molecular weight excluding hydrogens is 682 g/mol. The lowest BCUT2D eigenvalue weighted by Crippen LogP contribution is -2.50. The average Bonchev–Trinajstić information content (AvgIpc) is 3.49. The molecule has 2 aromatic rings. The Hall–Kier alpha value is -2.95. The highest BCUT2D eigenvalue weighted by atomic mass is 35.5. The first kappa shape index (κ1) is 40.5. The van der Waals surface area contributed by atoms with E-state index < -0.39 is 12.7 Å². The number of ketones is 2. The SMILES string of the molecule is Cl.FC(F)(F)Oc1ccc(CN2CCC3(CC2)NCCO3)cc1.O=C1CCN(Cc2ccc(OC(F)(F)F)cc2)CC1.O=C1CCNCC1. The second kappa shape index (κ2) is 18.9. The number of hydrogen-bond acceptors (Lipinski definition) is 9. The minimum Gasteiger partial charge on any atom is -0.406 e. The van der Waals surface area contributed by atoms with E-state index in [1.54, 1.807) is 24.3 Å². The van der Waals surface area contributed by atoms with Gasteiger partial charge in [0, 0.05) is 97.4 Å². The molecule has 6 rings (SSSR count). The molecule has 49 heavy (non-hydrogen) atoms. The average molecular weight is 725 g/mol. The highest BCUT2D eigenvalue weighted by Gasteiger charge is 2.38. The van der Waals surface area contributed by atoms with Crippen LogP contribution in [0.25, 0.3) is 0 Å².